The molecule has 2 N–H and O–H groups in total. The summed E-state index contributed by atoms with van der Waals surface area (Å²) in [5.41, 5.74) is 7.44. The first kappa shape index (κ1) is 13.5. The van der Waals surface area contributed by atoms with Crippen LogP contribution in [0.15, 0.2) is 0 Å². The van der Waals surface area contributed by atoms with Crippen LogP contribution < -0.4 is 5.73 Å². The van der Waals surface area contributed by atoms with Gasteiger partial charge in [-0.15, -0.1) is 0 Å². The van der Waals surface area contributed by atoms with E-state index in [1.807, 2.05) is 27.7 Å². The number of esters is 1. The summed E-state index contributed by atoms with van der Waals surface area (Å²) in [7, 11) is 1.78. The van der Waals surface area contributed by atoms with Crippen molar-refractivity contribution in [3.63, 3.8) is 0 Å². The lowest BCUT2D eigenvalue weighted by atomic mass is 10.1. The molecule has 0 bridgehead atoms. The van der Waals surface area contributed by atoms with Crippen molar-refractivity contribution < 1.29 is 9.53 Å². The number of anilines is 1. The topological polar surface area (TPSA) is 70.1 Å². The van der Waals surface area contributed by atoms with Crippen LogP contribution in [0.5, 0.6) is 0 Å². The standard InChI is InChI=1S/C12H21N3O2/c1-7(2)6-17-12(16)10-9(13)11(8(3)4)15(5)14-10/h7-8H,6,13H2,1-5H3. The molecule has 1 heterocycles. The fraction of sp³-hybridized carbons (Fsp3) is 0.667. The normalized spacial score (nSPS) is 11.2. The summed E-state index contributed by atoms with van der Waals surface area (Å²) in [5.74, 6) is 0.0753. The molecule has 0 saturated heterocycles. The third-order valence-electron chi connectivity index (χ3n) is 2.42. The van der Waals surface area contributed by atoms with E-state index in [-0.39, 0.29) is 11.6 Å². The number of nitrogens with zero attached hydrogens (tertiary/aromatic N) is 2. The molecule has 0 radical (unpaired) electrons. The Morgan fingerprint density at radius 2 is 2.00 bits per heavy atom. The third kappa shape index (κ3) is 2.99. The Labute approximate surface area is 102 Å². The average molecular weight is 239 g/mol. The molecule has 17 heavy (non-hydrogen) atoms. The molecule has 0 aliphatic carbocycles. The predicted octanol–water partition coefficient (Wildman–Crippen LogP) is 1.94. The number of rotatable bonds is 4. The Kier molecular flexibility index (Phi) is 4.15. The number of aromatic nitrogens is 2. The van der Waals surface area contributed by atoms with Gasteiger partial charge in [0.15, 0.2) is 5.69 Å². The van der Waals surface area contributed by atoms with E-state index >= 15 is 0 Å². The monoisotopic (exact) mass is 239 g/mol. The molecule has 5 heteroatoms. The second-order valence-electron chi connectivity index (χ2n) is 4.92. The van der Waals surface area contributed by atoms with E-state index in [2.05, 4.69) is 5.10 Å². The van der Waals surface area contributed by atoms with Gasteiger partial charge in [-0.25, -0.2) is 4.79 Å². The van der Waals surface area contributed by atoms with E-state index in [0.717, 1.165) is 5.69 Å². The van der Waals surface area contributed by atoms with Crippen molar-refractivity contribution in [3.05, 3.63) is 11.4 Å². The van der Waals surface area contributed by atoms with Gasteiger partial charge in [0.1, 0.15) is 0 Å². The fourth-order valence-electron chi connectivity index (χ4n) is 1.70. The van der Waals surface area contributed by atoms with Crippen molar-refractivity contribution in [1.29, 1.82) is 0 Å². The zero-order chi connectivity index (χ0) is 13.2. The zero-order valence-electron chi connectivity index (χ0n) is 11.2. The third-order valence-corrected chi connectivity index (χ3v) is 2.42. The molecule has 1 aromatic heterocycles. The summed E-state index contributed by atoms with van der Waals surface area (Å²) in [4.78, 5) is 11.8. The van der Waals surface area contributed by atoms with E-state index in [9.17, 15) is 4.79 Å². The van der Waals surface area contributed by atoms with E-state index in [1.54, 1.807) is 11.7 Å². The zero-order valence-corrected chi connectivity index (χ0v) is 11.2. The van der Waals surface area contributed by atoms with Gasteiger partial charge < -0.3 is 10.5 Å². The Morgan fingerprint density at radius 1 is 1.41 bits per heavy atom. The first-order valence-electron chi connectivity index (χ1n) is 5.84. The average Bonchev–Trinajstić information content (AvgIpc) is 2.50. The predicted molar refractivity (Wildman–Crippen MR) is 66.8 cm³/mol. The SMILES string of the molecule is CC(C)COC(=O)c1nn(C)c(C(C)C)c1N. The summed E-state index contributed by atoms with van der Waals surface area (Å²) in [6.07, 6.45) is 0. The van der Waals surface area contributed by atoms with Gasteiger partial charge >= 0.3 is 5.97 Å². The van der Waals surface area contributed by atoms with Crippen LogP contribution >= 0.6 is 0 Å². The summed E-state index contributed by atoms with van der Waals surface area (Å²) in [6, 6.07) is 0. The summed E-state index contributed by atoms with van der Waals surface area (Å²) in [6.45, 7) is 8.36. The van der Waals surface area contributed by atoms with E-state index in [4.69, 9.17) is 10.5 Å². The van der Waals surface area contributed by atoms with Crippen LogP contribution in [0.4, 0.5) is 5.69 Å². The Balaban J connectivity index is 2.92. The number of carbonyl (C=O) groups excluding carboxylic acids is 1. The van der Waals surface area contributed by atoms with Gasteiger partial charge in [-0.2, -0.15) is 5.10 Å². The highest BCUT2D eigenvalue weighted by molar-refractivity contribution is 5.93. The molecule has 0 spiro atoms. The van der Waals surface area contributed by atoms with E-state index < -0.39 is 5.97 Å². The highest BCUT2D eigenvalue weighted by Crippen LogP contribution is 2.24. The highest BCUT2D eigenvalue weighted by atomic mass is 16.5. The summed E-state index contributed by atoms with van der Waals surface area (Å²) in [5, 5.41) is 4.13. The van der Waals surface area contributed by atoms with Crippen molar-refractivity contribution >= 4 is 11.7 Å². The number of nitrogen functional groups attached to an aromatic ring is 1. The van der Waals surface area contributed by atoms with Gasteiger partial charge in [0.05, 0.1) is 18.0 Å². The second-order valence-corrected chi connectivity index (χ2v) is 4.92. The minimum Gasteiger partial charge on any atom is -0.461 e. The van der Waals surface area contributed by atoms with Crippen molar-refractivity contribution in [2.45, 2.75) is 33.6 Å². The Morgan fingerprint density at radius 3 is 2.41 bits per heavy atom. The molecule has 0 aliphatic rings. The second kappa shape index (κ2) is 5.21. The number of ether oxygens (including phenoxy) is 1. The maximum atomic E-state index is 11.8. The molecule has 0 fully saturated rings. The molecular weight excluding hydrogens is 218 g/mol. The molecule has 1 rings (SSSR count). The van der Waals surface area contributed by atoms with Crippen LogP contribution in [-0.4, -0.2) is 22.4 Å². The van der Waals surface area contributed by atoms with Gasteiger partial charge in [0.2, 0.25) is 0 Å². The molecule has 0 aromatic carbocycles. The number of hydrogen-bond acceptors (Lipinski definition) is 4. The molecule has 0 unspecified atom stereocenters. The minimum atomic E-state index is -0.446. The van der Waals surface area contributed by atoms with Crippen LogP contribution in [-0.2, 0) is 11.8 Å². The lowest BCUT2D eigenvalue weighted by molar-refractivity contribution is 0.0452. The van der Waals surface area contributed by atoms with Gasteiger partial charge in [-0.1, -0.05) is 27.7 Å². The van der Waals surface area contributed by atoms with Gasteiger partial charge in [0.25, 0.3) is 0 Å². The van der Waals surface area contributed by atoms with Crippen molar-refractivity contribution in [1.82, 2.24) is 9.78 Å². The molecule has 1 aromatic rings. The number of aryl methyl sites for hydroxylation is 1. The first-order chi connectivity index (χ1) is 7.84. The van der Waals surface area contributed by atoms with E-state index in [0.29, 0.717) is 18.2 Å². The Hall–Kier alpha value is -1.52. The van der Waals surface area contributed by atoms with E-state index in [1.165, 1.54) is 0 Å². The highest BCUT2D eigenvalue weighted by Gasteiger charge is 2.22. The van der Waals surface area contributed by atoms with Gasteiger partial charge in [-0.3, -0.25) is 4.68 Å². The lowest BCUT2D eigenvalue weighted by Gasteiger charge is -2.07. The van der Waals surface area contributed by atoms with Crippen molar-refractivity contribution in [2.75, 3.05) is 12.3 Å². The molecule has 96 valence electrons. The molecule has 0 atom stereocenters. The maximum Gasteiger partial charge on any atom is 0.361 e. The molecule has 0 saturated carbocycles. The molecular formula is C12H21N3O2. The van der Waals surface area contributed by atoms with Crippen molar-refractivity contribution in [2.24, 2.45) is 13.0 Å². The molecule has 0 aliphatic heterocycles. The number of hydrogen-bond donors (Lipinski definition) is 1. The molecule has 0 amide bonds. The summed E-state index contributed by atoms with van der Waals surface area (Å²) < 4.78 is 6.77. The van der Waals surface area contributed by atoms with Crippen LogP contribution in [0.3, 0.4) is 0 Å². The van der Waals surface area contributed by atoms with Gasteiger partial charge in [0, 0.05) is 7.05 Å². The van der Waals surface area contributed by atoms with Crippen LogP contribution in [0.2, 0.25) is 0 Å². The first-order valence-corrected chi connectivity index (χ1v) is 5.84. The van der Waals surface area contributed by atoms with Gasteiger partial charge in [-0.05, 0) is 11.8 Å². The lowest BCUT2D eigenvalue weighted by Crippen LogP contribution is -2.12. The Bertz CT molecular complexity index is 408. The largest absolute Gasteiger partial charge is 0.461 e. The fourth-order valence-corrected chi connectivity index (χ4v) is 1.70. The summed E-state index contributed by atoms with van der Waals surface area (Å²) >= 11 is 0. The van der Waals surface area contributed by atoms with Crippen LogP contribution in [0.1, 0.15) is 49.8 Å². The van der Waals surface area contributed by atoms with Crippen LogP contribution in [0.25, 0.3) is 0 Å². The van der Waals surface area contributed by atoms with Crippen LogP contribution in [0, 0.1) is 5.92 Å². The minimum absolute atomic E-state index is 0.219. The molecule has 5 nitrogen and oxygen atoms in total. The van der Waals surface area contributed by atoms with Crippen molar-refractivity contribution in [3.8, 4) is 0 Å². The number of carbonyl (C=O) groups is 1. The number of nitrogens with two attached hydrogens (primary N) is 1. The smallest absolute Gasteiger partial charge is 0.361 e. The quantitative estimate of drug-likeness (QED) is 0.815. The maximum absolute atomic E-state index is 11.8.